The number of aromatic nitrogens is 3. The number of para-hydroxylation sites is 1. The largest absolute Gasteiger partial charge is 0.435 e. The molecule has 0 aliphatic heterocycles. The van der Waals surface area contributed by atoms with E-state index in [9.17, 15) is 9.90 Å². The average molecular weight is 483 g/mol. The Morgan fingerprint density at radius 1 is 1.21 bits per heavy atom. The van der Waals surface area contributed by atoms with Gasteiger partial charge in [0.2, 0.25) is 5.89 Å². The maximum absolute atomic E-state index is 11.6. The molecule has 7 nitrogen and oxygen atoms in total. The number of amides is 1. The Kier molecular flexibility index (Phi) is 6.51. The van der Waals surface area contributed by atoms with E-state index >= 15 is 0 Å². The quantitative estimate of drug-likeness (QED) is 0.332. The summed E-state index contributed by atoms with van der Waals surface area (Å²) in [6.45, 7) is 1.76. The minimum absolute atomic E-state index is 0. The Hall–Kier alpha value is -3.20. The summed E-state index contributed by atoms with van der Waals surface area (Å²) in [4.78, 5) is 21.5. The van der Waals surface area contributed by atoms with E-state index < -0.39 is 12.0 Å². The molecule has 2 aromatic carbocycles. The van der Waals surface area contributed by atoms with Crippen molar-refractivity contribution >= 4 is 51.5 Å². The number of benzene rings is 2. The molecule has 1 unspecified atom stereocenters. The monoisotopic (exact) mass is 482 g/mol. The van der Waals surface area contributed by atoms with Crippen LogP contribution in [0.25, 0.3) is 32.6 Å². The summed E-state index contributed by atoms with van der Waals surface area (Å²) < 4.78 is 8.17. The van der Waals surface area contributed by atoms with Gasteiger partial charge in [-0.3, -0.25) is 4.79 Å². The van der Waals surface area contributed by atoms with Crippen molar-refractivity contribution in [1.29, 1.82) is 0 Å². The van der Waals surface area contributed by atoms with Gasteiger partial charge in [0.1, 0.15) is 11.2 Å². The van der Waals surface area contributed by atoms with Crippen LogP contribution in [0.3, 0.4) is 0 Å². The third-order valence-electron chi connectivity index (χ3n) is 5.58. The van der Waals surface area contributed by atoms with Crippen molar-refractivity contribution in [2.45, 2.75) is 31.9 Å². The van der Waals surface area contributed by atoms with Gasteiger partial charge in [-0.15, -0.1) is 23.7 Å². The van der Waals surface area contributed by atoms with Gasteiger partial charge in [-0.05, 0) is 36.6 Å². The van der Waals surface area contributed by atoms with Crippen LogP contribution >= 0.6 is 23.7 Å². The van der Waals surface area contributed by atoms with E-state index in [0.29, 0.717) is 24.3 Å². The number of hydrogen-bond acceptors (Lipinski definition) is 6. The van der Waals surface area contributed by atoms with Crippen LogP contribution in [0, 0.1) is 0 Å². The summed E-state index contributed by atoms with van der Waals surface area (Å²) in [6.07, 6.45) is 3.97. The number of oxazole rings is 1. The fourth-order valence-corrected chi connectivity index (χ4v) is 4.94. The molecule has 0 saturated carbocycles. The Labute approximate surface area is 200 Å². The number of aliphatic hydroxyl groups excluding tert-OH is 1. The Morgan fingerprint density at radius 2 is 2.03 bits per heavy atom. The summed E-state index contributed by atoms with van der Waals surface area (Å²) in [5, 5.41) is 14.3. The number of carbonyl (C=O) groups is 1. The summed E-state index contributed by atoms with van der Waals surface area (Å²) in [5.41, 5.74) is 7.95. The van der Waals surface area contributed by atoms with Crippen LogP contribution in [0.4, 0.5) is 0 Å². The zero-order valence-corrected chi connectivity index (χ0v) is 19.5. The van der Waals surface area contributed by atoms with Crippen LogP contribution in [-0.2, 0) is 0 Å². The molecular formula is C24H23ClN4O3S. The van der Waals surface area contributed by atoms with Crippen molar-refractivity contribution in [3.8, 4) is 10.8 Å². The van der Waals surface area contributed by atoms with Gasteiger partial charge in [-0.1, -0.05) is 36.4 Å². The number of primary amides is 1. The summed E-state index contributed by atoms with van der Waals surface area (Å²) >= 11 is 1.61. The fourth-order valence-electron chi connectivity index (χ4n) is 3.99. The number of hydrogen-bond donors (Lipinski definition) is 2. The first-order valence-electron chi connectivity index (χ1n) is 10.4. The zero-order chi connectivity index (χ0) is 22.2. The number of thiophene rings is 1. The third kappa shape index (κ3) is 4.37. The topological polar surface area (TPSA) is 107 Å². The summed E-state index contributed by atoms with van der Waals surface area (Å²) in [5.74, 6) is -0.000794. The smallest absolute Gasteiger partial charge is 0.268 e. The van der Waals surface area contributed by atoms with E-state index in [4.69, 9.17) is 15.1 Å². The number of fused-ring (bicyclic) bond motifs is 2. The Balaban J connectivity index is 0.00000259. The van der Waals surface area contributed by atoms with Crippen LogP contribution in [0.15, 0.2) is 64.8 Å². The van der Waals surface area contributed by atoms with Gasteiger partial charge < -0.3 is 19.8 Å². The number of halogens is 1. The third-order valence-corrected chi connectivity index (χ3v) is 6.58. The number of rotatable bonds is 7. The van der Waals surface area contributed by atoms with Crippen LogP contribution in [0.1, 0.15) is 41.9 Å². The molecule has 33 heavy (non-hydrogen) atoms. The molecule has 0 saturated heterocycles. The summed E-state index contributed by atoms with van der Waals surface area (Å²) in [6, 6.07) is 13.8. The SMILES string of the molecule is C[C@H](O)CCC(c1cccc2nc(-c3scc4ccccc34)oc12)n1cnc(C(N)=O)c1.Cl. The maximum atomic E-state index is 11.6. The van der Waals surface area contributed by atoms with E-state index in [1.165, 1.54) is 0 Å². The van der Waals surface area contributed by atoms with Gasteiger partial charge in [0.25, 0.3) is 5.91 Å². The van der Waals surface area contributed by atoms with E-state index in [1.54, 1.807) is 30.8 Å². The molecule has 0 radical (unpaired) electrons. The van der Waals surface area contributed by atoms with Gasteiger partial charge in [0.05, 0.1) is 23.4 Å². The number of carbonyl (C=O) groups excluding carboxylic acids is 1. The molecule has 0 fully saturated rings. The number of nitrogens with zero attached hydrogens (tertiary/aromatic N) is 3. The second-order valence-electron chi connectivity index (χ2n) is 7.88. The van der Waals surface area contributed by atoms with Gasteiger partial charge >= 0.3 is 0 Å². The molecule has 170 valence electrons. The van der Waals surface area contributed by atoms with Crippen LogP contribution in [-0.4, -0.2) is 31.7 Å². The second kappa shape index (κ2) is 9.35. The predicted molar refractivity (Wildman–Crippen MR) is 132 cm³/mol. The highest BCUT2D eigenvalue weighted by molar-refractivity contribution is 7.15. The molecule has 0 bridgehead atoms. The zero-order valence-electron chi connectivity index (χ0n) is 17.8. The van der Waals surface area contributed by atoms with Crippen LogP contribution < -0.4 is 5.73 Å². The minimum Gasteiger partial charge on any atom is -0.435 e. The lowest BCUT2D eigenvalue weighted by molar-refractivity contribution is 0.0996. The standard InChI is InChI=1S/C24H22N4O3S.ClH/c1-14(29)9-10-20(28-11-19(23(25)30)26-13-28)17-7-4-8-18-21(17)31-24(27-18)22-16-6-3-2-5-15(16)12-32-22;/h2-8,11-14,20,29H,9-10H2,1H3,(H2,25,30);1H/t14-,20?;/m0./s1. The number of aliphatic hydroxyl groups is 1. The lowest BCUT2D eigenvalue weighted by Gasteiger charge is -2.19. The first-order valence-corrected chi connectivity index (χ1v) is 11.3. The molecule has 5 aromatic rings. The average Bonchev–Trinajstić information content (AvgIpc) is 3.51. The van der Waals surface area contributed by atoms with Crippen molar-refractivity contribution in [3.05, 3.63) is 71.6 Å². The normalized spacial score (nSPS) is 13.2. The van der Waals surface area contributed by atoms with Crippen molar-refractivity contribution in [2.24, 2.45) is 5.73 Å². The van der Waals surface area contributed by atoms with E-state index in [1.807, 2.05) is 34.9 Å². The van der Waals surface area contributed by atoms with Gasteiger partial charge in [0, 0.05) is 17.1 Å². The van der Waals surface area contributed by atoms with Crippen LogP contribution in [0.2, 0.25) is 0 Å². The molecular weight excluding hydrogens is 460 g/mol. The molecule has 9 heteroatoms. The van der Waals surface area contributed by atoms with Gasteiger partial charge in [-0.2, -0.15) is 0 Å². The molecule has 3 N–H and O–H groups in total. The van der Waals surface area contributed by atoms with E-state index in [2.05, 4.69) is 22.5 Å². The molecule has 3 heterocycles. The van der Waals surface area contributed by atoms with Gasteiger partial charge in [-0.25, -0.2) is 9.97 Å². The Bertz CT molecular complexity index is 1420. The first-order chi connectivity index (χ1) is 15.5. The van der Waals surface area contributed by atoms with Gasteiger partial charge in [0.15, 0.2) is 5.58 Å². The summed E-state index contributed by atoms with van der Waals surface area (Å²) in [7, 11) is 0. The lowest BCUT2D eigenvalue weighted by Crippen LogP contribution is -2.14. The predicted octanol–water partition coefficient (Wildman–Crippen LogP) is 5.18. The van der Waals surface area contributed by atoms with Crippen molar-refractivity contribution in [1.82, 2.24) is 14.5 Å². The molecule has 0 aliphatic carbocycles. The maximum Gasteiger partial charge on any atom is 0.268 e. The molecule has 3 aromatic heterocycles. The highest BCUT2D eigenvalue weighted by Gasteiger charge is 2.23. The van der Waals surface area contributed by atoms with E-state index in [0.717, 1.165) is 26.7 Å². The van der Waals surface area contributed by atoms with Crippen LogP contribution in [0.5, 0.6) is 0 Å². The fraction of sp³-hybridized carbons (Fsp3) is 0.208. The van der Waals surface area contributed by atoms with E-state index in [-0.39, 0.29) is 24.1 Å². The molecule has 2 atom stereocenters. The van der Waals surface area contributed by atoms with Crippen molar-refractivity contribution < 1.29 is 14.3 Å². The number of imidazole rings is 1. The number of nitrogens with two attached hydrogens (primary N) is 1. The lowest BCUT2D eigenvalue weighted by atomic mass is 9.99. The molecule has 0 aliphatic rings. The van der Waals surface area contributed by atoms with Crippen molar-refractivity contribution in [2.75, 3.05) is 0 Å². The highest BCUT2D eigenvalue weighted by Crippen LogP contribution is 2.38. The molecule has 0 spiro atoms. The first kappa shape index (κ1) is 23.0. The molecule has 1 amide bonds. The highest BCUT2D eigenvalue weighted by atomic mass is 35.5. The van der Waals surface area contributed by atoms with Crippen molar-refractivity contribution in [3.63, 3.8) is 0 Å². The second-order valence-corrected chi connectivity index (χ2v) is 8.76. The molecule has 5 rings (SSSR count). The minimum atomic E-state index is -0.581. The Morgan fingerprint density at radius 3 is 2.79 bits per heavy atom.